The number of nitrogens with two attached hydrogens (primary N) is 1. The van der Waals surface area contributed by atoms with Crippen LogP contribution in [0.5, 0.6) is 0 Å². The van der Waals surface area contributed by atoms with E-state index in [1.807, 2.05) is 6.20 Å². The molecule has 0 saturated heterocycles. The normalized spacial score (nSPS) is 16.4. The molecule has 3 nitrogen and oxygen atoms in total. The van der Waals surface area contributed by atoms with Crippen molar-refractivity contribution in [2.45, 2.75) is 52.0 Å². The third-order valence-corrected chi connectivity index (χ3v) is 3.85. The van der Waals surface area contributed by atoms with Gasteiger partial charge in [-0.3, -0.25) is 4.98 Å². The van der Waals surface area contributed by atoms with Crippen LogP contribution < -0.4 is 10.6 Å². The van der Waals surface area contributed by atoms with Crippen molar-refractivity contribution in [2.24, 2.45) is 5.92 Å². The molecule has 1 saturated carbocycles. The summed E-state index contributed by atoms with van der Waals surface area (Å²) in [6.07, 6.45) is 10.2. The summed E-state index contributed by atoms with van der Waals surface area (Å²) in [6.45, 7) is 5.67. The molecular formula is C15H25N3. The molecule has 0 radical (unpaired) electrons. The van der Waals surface area contributed by atoms with E-state index < -0.39 is 0 Å². The van der Waals surface area contributed by atoms with Crippen molar-refractivity contribution in [1.29, 1.82) is 0 Å². The van der Waals surface area contributed by atoms with Crippen molar-refractivity contribution >= 4 is 11.4 Å². The molecule has 0 aromatic carbocycles. The molecule has 1 aliphatic rings. The van der Waals surface area contributed by atoms with Crippen molar-refractivity contribution in [2.75, 3.05) is 17.2 Å². The van der Waals surface area contributed by atoms with Crippen LogP contribution in [-0.4, -0.2) is 17.6 Å². The Bertz CT molecular complexity index is 370. The minimum absolute atomic E-state index is 0.674. The third-order valence-electron chi connectivity index (χ3n) is 3.85. The van der Waals surface area contributed by atoms with Crippen molar-refractivity contribution < 1.29 is 0 Å². The monoisotopic (exact) mass is 247 g/mol. The van der Waals surface area contributed by atoms with Crippen molar-refractivity contribution in [1.82, 2.24) is 4.98 Å². The summed E-state index contributed by atoms with van der Waals surface area (Å²) in [4.78, 5) is 6.62. The standard InChI is InChI=1S/C15H25N3/c1-12(2)8-10-18(13-5-3-4-6-13)15-7-9-17-11-14(15)16/h7,9,11-13H,3-6,8,10,16H2,1-2H3. The predicted molar refractivity (Wildman–Crippen MR) is 77.7 cm³/mol. The molecule has 18 heavy (non-hydrogen) atoms. The summed E-state index contributed by atoms with van der Waals surface area (Å²) < 4.78 is 0. The molecule has 1 fully saturated rings. The van der Waals surface area contributed by atoms with Crippen LogP contribution in [0.15, 0.2) is 18.5 Å². The van der Waals surface area contributed by atoms with Gasteiger partial charge >= 0.3 is 0 Å². The minimum atomic E-state index is 0.674. The summed E-state index contributed by atoms with van der Waals surface area (Å²) in [5, 5.41) is 0. The van der Waals surface area contributed by atoms with Gasteiger partial charge in [0, 0.05) is 18.8 Å². The molecule has 0 spiro atoms. The van der Waals surface area contributed by atoms with Crippen LogP contribution in [0.3, 0.4) is 0 Å². The van der Waals surface area contributed by atoms with Crippen molar-refractivity contribution in [3.05, 3.63) is 18.5 Å². The lowest BCUT2D eigenvalue weighted by molar-refractivity contribution is 0.529. The molecule has 0 aliphatic heterocycles. The van der Waals surface area contributed by atoms with Crippen LogP contribution in [0.1, 0.15) is 46.0 Å². The maximum absolute atomic E-state index is 6.09. The topological polar surface area (TPSA) is 42.2 Å². The lowest BCUT2D eigenvalue weighted by atomic mass is 10.1. The van der Waals surface area contributed by atoms with E-state index in [4.69, 9.17) is 5.73 Å². The van der Waals surface area contributed by atoms with Gasteiger partial charge in [-0.2, -0.15) is 0 Å². The quantitative estimate of drug-likeness (QED) is 0.866. The first-order valence-electron chi connectivity index (χ1n) is 7.14. The highest BCUT2D eigenvalue weighted by molar-refractivity contribution is 5.66. The molecule has 2 N–H and O–H groups in total. The van der Waals surface area contributed by atoms with E-state index in [2.05, 4.69) is 29.8 Å². The van der Waals surface area contributed by atoms with Gasteiger partial charge in [-0.15, -0.1) is 0 Å². The van der Waals surface area contributed by atoms with Gasteiger partial charge in [0.25, 0.3) is 0 Å². The average molecular weight is 247 g/mol. The van der Waals surface area contributed by atoms with Crippen molar-refractivity contribution in [3.63, 3.8) is 0 Å². The van der Waals surface area contributed by atoms with Crippen LogP contribution in [0.25, 0.3) is 0 Å². The van der Waals surface area contributed by atoms with Crippen LogP contribution in [-0.2, 0) is 0 Å². The van der Waals surface area contributed by atoms with Crippen molar-refractivity contribution in [3.8, 4) is 0 Å². The zero-order valence-corrected chi connectivity index (χ0v) is 11.6. The number of nitrogens with zero attached hydrogens (tertiary/aromatic N) is 2. The largest absolute Gasteiger partial charge is 0.396 e. The number of pyridine rings is 1. The molecule has 1 aromatic rings. The Labute approximate surface area is 110 Å². The smallest absolute Gasteiger partial charge is 0.0738 e. The Morgan fingerprint density at radius 1 is 1.39 bits per heavy atom. The summed E-state index contributed by atoms with van der Waals surface area (Å²) in [5.41, 5.74) is 8.08. The van der Waals surface area contributed by atoms with E-state index in [0.717, 1.165) is 18.2 Å². The molecule has 1 heterocycles. The Kier molecular flexibility index (Phi) is 4.45. The molecule has 0 amide bonds. The van der Waals surface area contributed by atoms with Gasteiger partial charge in [-0.25, -0.2) is 0 Å². The fraction of sp³-hybridized carbons (Fsp3) is 0.667. The highest BCUT2D eigenvalue weighted by atomic mass is 15.2. The lowest BCUT2D eigenvalue weighted by Gasteiger charge is -2.32. The van der Waals surface area contributed by atoms with Crippen LogP contribution in [0, 0.1) is 5.92 Å². The predicted octanol–water partition coefficient (Wildman–Crippen LogP) is 3.46. The first kappa shape index (κ1) is 13.2. The lowest BCUT2D eigenvalue weighted by Crippen LogP contribution is -2.35. The molecule has 0 atom stereocenters. The van der Waals surface area contributed by atoms with E-state index >= 15 is 0 Å². The van der Waals surface area contributed by atoms with E-state index in [1.165, 1.54) is 37.8 Å². The van der Waals surface area contributed by atoms with Gasteiger partial charge in [0.15, 0.2) is 0 Å². The second-order valence-corrected chi connectivity index (χ2v) is 5.75. The average Bonchev–Trinajstić information content (AvgIpc) is 2.85. The minimum Gasteiger partial charge on any atom is -0.396 e. The van der Waals surface area contributed by atoms with Gasteiger partial charge in [0.1, 0.15) is 0 Å². The number of aromatic nitrogens is 1. The Hall–Kier alpha value is -1.25. The molecule has 100 valence electrons. The summed E-state index contributed by atoms with van der Waals surface area (Å²) >= 11 is 0. The SMILES string of the molecule is CC(C)CCN(c1ccncc1N)C1CCCC1. The summed E-state index contributed by atoms with van der Waals surface area (Å²) in [7, 11) is 0. The Morgan fingerprint density at radius 3 is 2.72 bits per heavy atom. The first-order chi connectivity index (χ1) is 8.68. The molecule has 3 heteroatoms. The molecular weight excluding hydrogens is 222 g/mol. The van der Waals surface area contributed by atoms with Gasteiger partial charge in [0.2, 0.25) is 0 Å². The van der Waals surface area contributed by atoms with Crippen LogP contribution in [0.4, 0.5) is 11.4 Å². The number of hydrogen-bond acceptors (Lipinski definition) is 3. The fourth-order valence-corrected chi connectivity index (χ4v) is 2.77. The fourth-order valence-electron chi connectivity index (χ4n) is 2.77. The zero-order valence-electron chi connectivity index (χ0n) is 11.6. The summed E-state index contributed by atoms with van der Waals surface area (Å²) in [6, 6.07) is 2.74. The first-order valence-corrected chi connectivity index (χ1v) is 7.14. The summed E-state index contributed by atoms with van der Waals surface area (Å²) in [5.74, 6) is 0.733. The maximum Gasteiger partial charge on any atom is 0.0738 e. The Morgan fingerprint density at radius 2 is 2.11 bits per heavy atom. The van der Waals surface area contributed by atoms with E-state index in [1.54, 1.807) is 6.20 Å². The molecule has 1 aliphatic carbocycles. The van der Waals surface area contributed by atoms with E-state index in [0.29, 0.717) is 6.04 Å². The second-order valence-electron chi connectivity index (χ2n) is 5.75. The number of anilines is 2. The van der Waals surface area contributed by atoms with Gasteiger partial charge in [-0.1, -0.05) is 26.7 Å². The highest BCUT2D eigenvalue weighted by Crippen LogP contribution is 2.31. The zero-order chi connectivity index (χ0) is 13.0. The molecule has 1 aromatic heterocycles. The molecule has 2 rings (SSSR count). The van der Waals surface area contributed by atoms with Gasteiger partial charge in [0.05, 0.1) is 17.6 Å². The van der Waals surface area contributed by atoms with Gasteiger partial charge in [-0.05, 0) is 31.2 Å². The molecule has 0 unspecified atom stereocenters. The van der Waals surface area contributed by atoms with Gasteiger partial charge < -0.3 is 10.6 Å². The molecule has 0 bridgehead atoms. The number of hydrogen-bond donors (Lipinski definition) is 1. The highest BCUT2D eigenvalue weighted by Gasteiger charge is 2.24. The van der Waals surface area contributed by atoms with E-state index in [9.17, 15) is 0 Å². The van der Waals surface area contributed by atoms with E-state index in [-0.39, 0.29) is 0 Å². The Balaban J connectivity index is 2.15. The second kappa shape index (κ2) is 6.07. The van der Waals surface area contributed by atoms with Crippen LogP contribution >= 0.6 is 0 Å². The van der Waals surface area contributed by atoms with Crippen LogP contribution in [0.2, 0.25) is 0 Å². The number of rotatable bonds is 5. The maximum atomic E-state index is 6.09. The number of nitrogen functional groups attached to an aromatic ring is 1. The third kappa shape index (κ3) is 3.15.